The fraction of sp³-hybridized carbons (Fsp3) is 0.321. The number of fused-ring (bicyclic) bond motifs is 1. The Balaban J connectivity index is 1.91. The van der Waals surface area contributed by atoms with E-state index in [0.717, 1.165) is 12.0 Å². The zero-order valence-electron chi connectivity index (χ0n) is 21.4. The molecule has 0 aliphatic carbocycles. The first-order valence-corrected chi connectivity index (χ1v) is 13.2. The predicted molar refractivity (Wildman–Crippen MR) is 145 cm³/mol. The molecule has 0 saturated carbocycles. The Bertz CT molecular complexity index is 1520. The normalized spacial score (nSPS) is 16.2. The van der Waals surface area contributed by atoms with Gasteiger partial charge in [0, 0.05) is 0 Å². The Kier molecular flexibility index (Phi) is 8.19. The molecule has 2 heterocycles. The van der Waals surface area contributed by atoms with Crippen molar-refractivity contribution in [3.63, 3.8) is 0 Å². The molecule has 2 atom stereocenters. The van der Waals surface area contributed by atoms with E-state index >= 15 is 0 Å². The van der Waals surface area contributed by atoms with Gasteiger partial charge in [-0.2, -0.15) is 0 Å². The van der Waals surface area contributed by atoms with E-state index in [1.807, 2.05) is 51.1 Å². The van der Waals surface area contributed by atoms with Crippen molar-refractivity contribution in [3.8, 4) is 11.5 Å². The number of hydrogen-bond donors (Lipinski definition) is 0. The predicted octanol–water partition coefficient (Wildman–Crippen LogP) is 4.64. The van der Waals surface area contributed by atoms with Crippen molar-refractivity contribution in [2.24, 2.45) is 4.99 Å². The molecule has 7 nitrogen and oxygen atoms in total. The van der Waals surface area contributed by atoms with Gasteiger partial charge in [0.1, 0.15) is 0 Å². The van der Waals surface area contributed by atoms with Crippen LogP contribution < -0.4 is 24.4 Å². The molecule has 9 heteroatoms. The highest BCUT2D eigenvalue weighted by Crippen LogP contribution is 2.37. The number of benzene rings is 2. The molecule has 3 aromatic rings. The van der Waals surface area contributed by atoms with Crippen molar-refractivity contribution >= 4 is 35.0 Å². The lowest BCUT2D eigenvalue weighted by Gasteiger charge is -2.25. The lowest BCUT2D eigenvalue weighted by atomic mass is 9.95. The molecule has 4 rings (SSSR count). The molecular formula is C28H29ClN2O5S. The number of ether oxygens (including phenoxy) is 3. The zero-order chi connectivity index (χ0) is 26.7. The van der Waals surface area contributed by atoms with Crippen LogP contribution >= 0.6 is 22.9 Å². The Morgan fingerprint density at radius 1 is 1.22 bits per heavy atom. The number of halogens is 1. The van der Waals surface area contributed by atoms with E-state index in [0.29, 0.717) is 49.1 Å². The number of carbonyl (C=O) groups is 1. The molecule has 0 amide bonds. The fourth-order valence-electron chi connectivity index (χ4n) is 4.19. The Morgan fingerprint density at radius 2 is 1.95 bits per heavy atom. The van der Waals surface area contributed by atoms with Crippen LogP contribution in [0.4, 0.5) is 0 Å². The van der Waals surface area contributed by atoms with Gasteiger partial charge in [-0.1, -0.05) is 67.1 Å². The van der Waals surface area contributed by atoms with Crippen molar-refractivity contribution in [3.05, 3.63) is 89.6 Å². The summed E-state index contributed by atoms with van der Waals surface area (Å²) < 4.78 is 18.6. The average Bonchev–Trinajstić information content (AvgIpc) is 3.22. The van der Waals surface area contributed by atoms with Gasteiger partial charge in [-0.25, -0.2) is 9.79 Å². The monoisotopic (exact) mass is 540 g/mol. The largest absolute Gasteiger partial charge is 0.493 e. The Labute approximate surface area is 224 Å². The number of methoxy groups -OCH3 is 2. The van der Waals surface area contributed by atoms with Crippen molar-refractivity contribution in [1.29, 1.82) is 0 Å². The number of aromatic nitrogens is 1. The van der Waals surface area contributed by atoms with Crippen LogP contribution in [0.1, 0.15) is 50.8 Å². The van der Waals surface area contributed by atoms with Gasteiger partial charge in [-0.3, -0.25) is 9.36 Å². The van der Waals surface area contributed by atoms with E-state index in [4.69, 9.17) is 30.8 Å². The van der Waals surface area contributed by atoms with Crippen LogP contribution in [-0.4, -0.2) is 30.9 Å². The number of hydrogen-bond acceptors (Lipinski definition) is 7. The van der Waals surface area contributed by atoms with Gasteiger partial charge < -0.3 is 14.2 Å². The van der Waals surface area contributed by atoms with Gasteiger partial charge in [0.05, 0.1) is 47.2 Å². The number of thiazole rings is 1. The van der Waals surface area contributed by atoms with Crippen molar-refractivity contribution in [1.82, 2.24) is 4.57 Å². The van der Waals surface area contributed by atoms with Gasteiger partial charge in [-0.05, 0) is 49.1 Å². The zero-order valence-corrected chi connectivity index (χ0v) is 23.0. The van der Waals surface area contributed by atoms with Gasteiger partial charge >= 0.3 is 5.97 Å². The van der Waals surface area contributed by atoms with Gasteiger partial charge in [0.2, 0.25) is 0 Å². The van der Waals surface area contributed by atoms with Crippen LogP contribution in [0.5, 0.6) is 11.5 Å². The number of rotatable bonds is 8. The summed E-state index contributed by atoms with van der Waals surface area (Å²) in [6.45, 7) is 5.91. The average molecular weight is 541 g/mol. The highest BCUT2D eigenvalue weighted by Gasteiger charge is 2.33. The summed E-state index contributed by atoms with van der Waals surface area (Å²) in [7, 11) is 2.88. The summed E-state index contributed by atoms with van der Waals surface area (Å²) in [6.07, 6.45) is 3.05. The van der Waals surface area contributed by atoms with Gasteiger partial charge in [-0.15, -0.1) is 0 Å². The summed E-state index contributed by atoms with van der Waals surface area (Å²) in [5, 5.41) is 0.391. The third kappa shape index (κ3) is 5.22. The number of nitrogens with zero attached hydrogens (tertiary/aromatic N) is 2. The standard InChI is InChI=1S/C28H29ClN2O5S/c1-6-16(3)36-25-19(29)13-17(14-21(25)34-4)15-22-26(32)31-24(18-11-9-8-10-12-18)23(27(33)35-5)20(7-2)30-28(31)37-22/h8-16,24H,6-7H2,1-5H3/b22-15-/t16-,24-/m0/s1. The second kappa shape index (κ2) is 11.4. The SMILES string of the molecule is CCC1=C(C(=O)OC)[C@H](c2ccccc2)n2c(s/c(=C\c3cc(Cl)c(O[C@@H](C)CC)c(OC)c3)c2=O)=N1. The molecule has 0 N–H and O–H groups in total. The van der Waals surface area contributed by atoms with Crippen LogP contribution in [0.15, 0.2) is 63.5 Å². The van der Waals surface area contributed by atoms with E-state index in [2.05, 4.69) is 0 Å². The fourth-order valence-corrected chi connectivity index (χ4v) is 5.47. The number of allylic oxidation sites excluding steroid dienone is 1. The minimum atomic E-state index is -0.647. The molecule has 2 aromatic carbocycles. The molecule has 37 heavy (non-hydrogen) atoms. The number of carbonyl (C=O) groups excluding carboxylic acids is 1. The summed E-state index contributed by atoms with van der Waals surface area (Å²) in [4.78, 5) is 31.8. The van der Waals surface area contributed by atoms with E-state index < -0.39 is 12.0 Å². The third-order valence-corrected chi connectivity index (χ3v) is 7.47. The molecule has 0 saturated heterocycles. The first-order chi connectivity index (χ1) is 17.8. The molecule has 0 fully saturated rings. The quantitative estimate of drug-likeness (QED) is 0.389. The molecule has 0 spiro atoms. The topological polar surface area (TPSA) is 79.1 Å². The second-order valence-electron chi connectivity index (χ2n) is 8.57. The third-order valence-electron chi connectivity index (χ3n) is 6.21. The maximum Gasteiger partial charge on any atom is 0.338 e. The Hall–Kier alpha value is -3.36. The van der Waals surface area contributed by atoms with Crippen LogP contribution in [0.2, 0.25) is 5.02 Å². The minimum absolute atomic E-state index is 0.0318. The van der Waals surface area contributed by atoms with Crippen molar-refractivity contribution < 1.29 is 19.0 Å². The van der Waals surface area contributed by atoms with Crippen molar-refractivity contribution in [2.45, 2.75) is 45.8 Å². The lowest BCUT2D eigenvalue weighted by Crippen LogP contribution is -2.40. The highest BCUT2D eigenvalue weighted by molar-refractivity contribution is 7.07. The molecule has 0 bridgehead atoms. The number of esters is 1. The summed E-state index contributed by atoms with van der Waals surface area (Å²) in [6, 6.07) is 12.3. The maximum absolute atomic E-state index is 13.8. The molecule has 194 valence electrons. The molecule has 0 radical (unpaired) electrons. The first-order valence-electron chi connectivity index (χ1n) is 12.0. The summed E-state index contributed by atoms with van der Waals surface area (Å²) >= 11 is 7.81. The Morgan fingerprint density at radius 3 is 2.57 bits per heavy atom. The molecular weight excluding hydrogens is 512 g/mol. The highest BCUT2D eigenvalue weighted by atomic mass is 35.5. The van der Waals surface area contributed by atoms with E-state index in [1.54, 1.807) is 29.9 Å². The maximum atomic E-state index is 13.8. The molecule has 0 unspecified atom stereocenters. The summed E-state index contributed by atoms with van der Waals surface area (Å²) in [5.74, 6) is 0.448. The van der Waals surface area contributed by atoms with Crippen LogP contribution in [0, 0.1) is 0 Å². The van der Waals surface area contributed by atoms with Crippen molar-refractivity contribution in [2.75, 3.05) is 14.2 Å². The molecule has 1 aliphatic rings. The van der Waals surface area contributed by atoms with E-state index in [-0.39, 0.29) is 11.7 Å². The minimum Gasteiger partial charge on any atom is -0.493 e. The lowest BCUT2D eigenvalue weighted by molar-refractivity contribution is -0.136. The van der Waals surface area contributed by atoms with Crippen LogP contribution in [-0.2, 0) is 9.53 Å². The second-order valence-corrected chi connectivity index (χ2v) is 9.99. The van der Waals surface area contributed by atoms with E-state index in [1.165, 1.54) is 18.4 Å². The molecule has 1 aromatic heterocycles. The van der Waals surface area contributed by atoms with Gasteiger partial charge in [0.15, 0.2) is 16.3 Å². The molecule has 1 aliphatic heterocycles. The van der Waals surface area contributed by atoms with Gasteiger partial charge in [0.25, 0.3) is 5.56 Å². The summed E-state index contributed by atoms with van der Waals surface area (Å²) in [5.41, 5.74) is 2.19. The smallest absolute Gasteiger partial charge is 0.338 e. The van der Waals surface area contributed by atoms with Crippen LogP contribution in [0.3, 0.4) is 0 Å². The first kappa shape index (κ1) is 26.7. The van der Waals surface area contributed by atoms with Crippen LogP contribution in [0.25, 0.3) is 6.08 Å². The van der Waals surface area contributed by atoms with E-state index in [9.17, 15) is 9.59 Å².